The molecular formula is C11H15ClN4O3. The largest absolute Gasteiger partial charge is 0.377 e. The Kier molecular flexibility index (Phi) is 3.86. The maximum atomic E-state index is 11.1. The quantitative estimate of drug-likeness (QED) is 0.480. The lowest BCUT2D eigenvalue weighted by molar-refractivity contribution is -0.384. The van der Waals surface area contributed by atoms with Crippen molar-refractivity contribution in [2.75, 3.05) is 25.1 Å². The van der Waals surface area contributed by atoms with Gasteiger partial charge in [0.05, 0.1) is 10.5 Å². The van der Waals surface area contributed by atoms with Gasteiger partial charge >= 0.3 is 5.69 Å². The number of rotatable bonds is 3. The van der Waals surface area contributed by atoms with Crippen molar-refractivity contribution in [3.05, 3.63) is 21.6 Å². The molecule has 0 saturated carbocycles. The van der Waals surface area contributed by atoms with Crippen LogP contribution >= 0.6 is 11.6 Å². The molecule has 7 nitrogen and oxygen atoms in total. The van der Waals surface area contributed by atoms with Gasteiger partial charge in [0.25, 0.3) is 0 Å². The summed E-state index contributed by atoms with van der Waals surface area (Å²) < 4.78 is 5.47. The molecule has 1 aromatic rings. The van der Waals surface area contributed by atoms with Crippen molar-refractivity contribution >= 4 is 23.1 Å². The molecule has 1 saturated heterocycles. The van der Waals surface area contributed by atoms with Gasteiger partial charge in [0, 0.05) is 20.2 Å². The lowest BCUT2D eigenvalue weighted by atomic mass is 9.95. The van der Waals surface area contributed by atoms with Gasteiger partial charge in [-0.2, -0.15) is 0 Å². The van der Waals surface area contributed by atoms with Crippen LogP contribution in [0.1, 0.15) is 19.8 Å². The lowest BCUT2D eigenvalue weighted by Gasteiger charge is -2.39. The zero-order valence-corrected chi connectivity index (χ0v) is 11.6. The molecule has 0 amide bonds. The number of piperidine rings is 1. The van der Waals surface area contributed by atoms with E-state index in [1.54, 1.807) is 7.11 Å². The molecule has 0 radical (unpaired) electrons. The summed E-state index contributed by atoms with van der Waals surface area (Å²) in [5.74, 6) is 0.257. The van der Waals surface area contributed by atoms with E-state index >= 15 is 0 Å². The molecule has 0 N–H and O–H groups in total. The Hall–Kier alpha value is -1.47. The Morgan fingerprint density at radius 1 is 1.58 bits per heavy atom. The summed E-state index contributed by atoms with van der Waals surface area (Å²) in [6, 6.07) is 0. The summed E-state index contributed by atoms with van der Waals surface area (Å²) in [6.07, 6.45) is 3.03. The first-order valence-electron chi connectivity index (χ1n) is 5.92. The molecular weight excluding hydrogens is 272 g/mol. The predicted octanol–water partition coefficient (Wildman–Crippen LogP) is 2.04. The van der Waals surface area contributed by atoms with Crippen molar-refractivity contribution in [1.82, 2.24) is 9.97 Å². The van der Waals surface area contributed by atoms with Crippen molar-refractivity contribution in [2.24, 2.45) is 0 Å². The third-order valence-electron chi connectivity index (χ3n) is 3.39. The lowest BCUT2D eigenvalue weighted by Crippen LogP contribution is -2.48. The molecule has 0 aliphatic carbocycles. The monoisotopic (exact) mass is 286 g/mol. The number of halogens is 1. The number of ether oxygens (including phenoxy) is 1. The van der Waals surface area contributed by atoms with Gasteiger partial charge < -0.3 is 9.64 Å². The molecule has 1 atom stereocenters. The molecule has 1 aromatic heterocycles. The third kappa shape index (κ3) is 2.76. The maximum Gasteiger partial charge on any atom is 0.348 e. The average molecular weight is 287 g/mol. The topological polar surface area (TPSA) is 81.4 Å². The molecule has 1 fully saturated rings. The number of nitrogens with zero attached hydrogens (tertiary/aromatic N) is 4. The highest BCUT2D eigenvalue weighted by Gasteiger charge is 2.35. The van der Waals surface area contributed by atoms with Gasteiger partial charge in [-0.05, 0) is 19.8 Å². The van der Waals surface area contributed by atoms with E-state index in [1.807, 2.05) is 11.8 Å². The van der Waals surface area contributed by atoms with E-state index in [0.29, 0.717) is 13.1 Å². The molecule has 8 heteroatoms. The minimum absolute atomic E-state index is 0.139. The van der Waals surface area contributed by atoms with Gasteiger partial charge in [-0.25, -0.2) is 9.97 Å². The average Bonchev–Trinajstić information content (AvgIpc) is 2.38. The van der Waals surface area contributed by atoms with E-state index in [1.165, 1.54) is 6.33 Å². The van der Waals surface area contributed by atoms with Gasteiger partial charge in [-0.1, -0.05) is 11.6 Å². The highest BCUT2D eigenvalue weighted by molar-refractivity contribution is 6.31. The van der Waals surface area contributed by atoms with Crippen molar-refractivity contribution in [2.45, 2.75) is 25.4 Å². The van der Waals surface area contributed by atoms with Crippen LogP contribution in [0.15, 0.2) is 6.33 Å². The highest BCUT2D eigenvalue weighted by Crippen LogP contribution is 2.35. The second-order valence-electron chi connectivity index (χ2n) is 4.77. The highest BCUT2D eigenvalue weighted by atomic mass is 35.5. The van der Waals surface area contributed by atoms with Crippen LogP contribution < -0.4 is 4.90 Å². The molecule has 19 heavy (non-hydrogen) atoms. The van der Waals surface area contributed by atoms with Crippen LogP contribution in [0.25, 0.3) is 0 Å². The fraction of sp³-hybridized carbons (Fsp3) is 0.636. The Morgan fingerprint density at radius 3 is 2.95 bits per heavy atom. The molecule has 0 bridgehead atoms. The molecule has 0 spiro atoms. The zero-order valence-electron chi connectivity index (χ0n) is 10.8. The first-order chi connectivity index (χ1) is 8.97. The van der Waals surface area contributed by atoms with Gasteiger partial charge in [0.15, 0.2) is 0 Å². The van der Waals surface area contributed by atoms with E-state index in [2.05, 4.69) is 9.97 Å². The minimum Gasteiger partial charge on any atom is -0.377 e. The second kappa shape index (κ2) is 5.26. The number of anilines is 1. The Labute approximate surface area is 115 Å². The van der Waals surface area contributed by atoms with Gasteiger partial charge in [0.2, 0.25) is 11.0 Å². The zero-order chi connectivity index (χ0) is 14.0. The summed E-state index contributed by atoms with van der Waals surface area (Å²) >= 11 is 5.80. The number of methoxy groups -OCH3 is 1. The Morgan fingerprint density at radius 2 is 2.32 bits per heavy atom. The third-order valence-corrected chi connectivity index (χ3v) is 3.67. The van der Waals surface area contributed by atoms with E-state index in [4.69, 9.17) is 16.3 Å². The molecule has 0 aromatic carbocycles. The fourth-order valence-corrected chi connectivity index (χ4v) is 2.49. The fourth-order valence-electron chi connectivity index (χ4n) is 2.29. The van der Waals surface area contributed by atoms with Crippen LogP contribution in [0.5, 0.6) is 0 Å². The van der Waals surface area contributed by atoms with Gasteiger partial charge in [-0.3, -0.25) is 10.1 Å². The predicted molar refractivity (Wildman–Crippen MR) is 70.6 cm³/mol. The summed E-state index contributed by atoms with van der Waals surface area (Å²) in [5, 5.41) is 11.0. The number of hydrogen-bond donors (Lipinski definition) is 0. The Balaban J connectivity index is 2.37. The second-order valence-corrected chi connectivity index (χ2v) is 5.13. The smallest absolute Gasteiger partial charge is 0.348 e. The maximum absolute atomic E-state index is 11.1. The van der Waals surface area contributed by atoms with E-state index in [-0.39, 0.29) is 22.3 Å². The van der Waals surface area contributed by atoms with Crippen molar-refractivity contribution in [1.29, 1.82) is 0 Å². The number of aromatic nitrogens is 2. The summed E-state index contributed by atoms with van der Waals surface area (Å²) in [6.45, 7) is 3.21. The first-order valence-corrected chi connectivity index (χ1v) is 6.29. The molecule has 2 rings (SSSR count). The summed E-state index contributed by atoms with van der Waals surface area (Å²) in [5.41, 5.74) is -0.576. The Bertz CT molecular complexity index is 499. The van der Waals surface area contributed by atoms with E-state index in [0.717, 1.165) is 12.8 Å². The normalized spacial score (nSPS) is 23.4. The van der Waals surface area contributed by atoms with E-state index < -0.39 is 4.92 Å². The number of nitro groups is 1. The molecule has 1 aliphatic rings. The van der Waals surface area contributed by atoms with Crippen LogP contribution in [-0.4, -0.2) is 40.7 Å². The molecule has 2 heterocycles. The summed E-state index contributed by atoms with van der Waals surface area (Å²) in [4.78, 5) is 20.1. The van der Waals surface area contributed by atoms with Crippen LogP contribution in [0.2, 0.25) is 5.15 Å². The molecule has 1 aliphatic heterocycles. The standard InChI is InChI=1S/C11H15ClN4O3/c1-11(19-2)4-3-5-15(6-11)10-8(16(17)18)9(12)13-7-14-10/h7H,3-6H2,1-2H3. The molecule has 1 unspecified atom stereocenters. The summed E-state index contributed by atoms with van der Waals surface area (Å²) in [7, 11) is 1.64. The van der Waals surface area contributed by atoms with E-state index in [9.17, 15) is 10.1 Å². The van der Waals surface area contributed by atoms with Crippen LogP contribution in [0.3, 0.4) is 0 Å². The van der Waals surface area contributed by atoms with Crippen molar-refractivity contribution < 1.29 is 9.66 Å². The van der Waals surface area contributed by atoms with Crippen molar-refractivity contribution in [3.8, 4) is 0 Å². The minimum atomic E-state index is -0.545. The van der Waals surface area contributed by atoms with Crippen LogP contribution in [0.4, 0.5) is 11.5 Å². The van der Waals surface area contributed by atoms with Gasteiger partial charge in [-0.15, -0.1) is 0 Å². The molecule has 104 valence electrons. The van der Waals surface area contributed by atoms with Crippen LogP contribution in [0, 0.1) is 10.1 Å². The van der Waals surface area contributed by atoms with Crippen LogP contribution in [-0.2, 0) is 4.74 Å². The SMILES string of the molecule is COC1(C)CCCN(c2ncnc(Cl)c2[N+](=O)[O-])C1. The van der Waals surface area contributed by atoms with Gasteiger partial charge in [0.1, 0.15) is 6.33 Å². The first kappa shape index (κ1) is 14.0. The van der Waals surface area contributed by atoms with Crippen molar-refractivity contribution in [3.63, 3.8) is 0 Å². The number of hydrogen-bond acceptors (Lipinski definition) is 6.